The number of ether oxygens (including phenoxy) is 2. The van der Waals surface area contributed by atoms with Gasteiger partial charge in [-0.1, -0.05) is 13.0 Å². The van der Waals surface area contributed by atoms with Gasteiger partial charge in [0.15, 0.2) is 0 Å². The molecule has 3 fully saturated rings. The molecule has 1 aromatic heterocycles. The van der Waals surface area contributed by atoms with E-state index < -0.39 is 11.9 Å². The first-order chi connectivity index (χ1) is 16.3. The molecule has 4 atom stereocenters. The third-order valence-electron chi connectivity index (χ3n) is 7.71. The summed E-state index contributed by atoms with van der Waals surface area (Å²) in [6.45, 7) is 5.30. The molecule has 34 heavy (non-hydrogen) atoms. The molecule has 2 unspecified atom stereocenters. The number of piperazine rings is 1. The van der Waals surface area contributed by atoms with Crippen molar-refractivity contribution in [1.29, 1.82) is 0 Å². The topological polar surface area (TPSA) is 66.9 Å². The molecular weight excluding hydrogens is 449 g/mol. The van der Waals surface area contributed by atoms with Gasteiger partial charge in [-0.3, -0.25) is 4.79 Å². The maximum absolute atomic E-state index is 13.6. The normalized spacial score (nSPS) is 30.6. The van der Waals surface area contributed by atoms with Crippen LogP contribution in [0.3, 0.4) is 0 Å². The van der Waals surface area contributed by atoms with Crippen molar-refractivity contribution in [1.82, 2.24) is 15.2 Å². The average Bonchev–Trinajstić information content (AvgIpc) is 3.28. The van der Waals surface area contributed by atoms with Crippen LogP contribution in [-0.2, 0) is 20.4 Å². The molecule has 0 radical (unpaired) electrons. The van der Waals surface area contributed by atoms with Gasteiger partial charge in [-0.05, 0) is 44.2 Å². The Balaban J connectivity index is 1.35. The summed E-state index contributed by atoms with van der Waals surface area (Å²) in [5.74, 6) is 0.479. The molecule has 1 aliphatic carbocycles. The Morgan fingerprint density at radius 1 is 1.26 bits per heavy atom. The number of carbonyl (C=O) groups is 1. The molecule has 1 aromatic rings. The van der Waals surface area contributed by atoms with Gasteiger partial charge in [-0.2, -0.15) is 13.2 Å². The minimum atomic E-state index is -4.47. The van der Waals surface area contributed by atoms with E-state index in [9.17, 15) is 18.0 Å². The molecule has 2 aliphatic heterocycles. The SMILES string of the molecule is CCC1(C(=O)N2CCN(c3cccc(C(F)(F)F)n3)CC2)CCC(N[C@H]2CCOC[C@H]2OC)C1. The van der Waals surface area contributed by atoms with E-state index in [0.29, 0.717) is 45.2 Å². The van der Waals surface area contributed by atoms with Crippen molar-refractivity contribution < 1.29 is 27.4 Å². The predicted molar refractivity (Wildman–Crippen MR) is 122 cm³/mol. The molecule has 0 spiro atoms. The van der Waals surface area contributed by atoms with Gasteiger partial charge in [0, 0.05) is 52.0 Å². The molecule has 2 saturated heterocycles. The molecule has 190 valence electrons. The largest absolute Gasteiger partial charge is 0.433 e. The van der Waals surface area contributed by atoms with E-state index in [0.717, 1.165) is 38.2 Å². The highest BCUT2D eigenvalue weighted by molar-refractivity contribution is 5.83. The number of amides is 1. The average molecular weight is 485 g/mol. The molecule has 3 heterocycles. The number of nitrogens with one attached hydrogen (secondary N) is 1. The van der Waals surface area contributed by atoms with Gasteiger partial charge < -0.3 is 24.6 Å². The second-order valence-corrected chi connectivity index (χ2v) is 9.64. The third-order valence-corrected chi connectivity index (χ3v) is 7.71. The third kappa shape index (κ3) is 5.33. The first kappa shape index (κ1) is 25.2. The van der Waals surface area contributed by atoms with Crippen LogP contribution < -0.4 is 10.2 Å². The van der Waals surface area contributed by atoms with Gasteiger partial charge >= 0.3 is 6.18 Å². The molecule has 1 N–H and O–H groups in total. The van der Waals surface area contributed by atoms with Crippen molar-refractivity contribution in [2.24, 2.45) is 5.41 Å². The number of aromatic nitrogens is 1. The number of nitrogens with zero attached hydrogens (tertiary/aromatic N) is 3. The second kappa shape index (κ2) is 10.4. The molecule has 10 heteroatoms. The van der Waals surface area contributed by atoms with Gasteiger partial charge in [0.25, 0.3) is 0 Å². The summed E-state index contributed by atoms with van der Waals surface area (Å²) in [5, 5.41) is 3.73. The zero-order valence-corrected chi connectivity index (χ0v) is 19.9. The number of rotatable bonds is 6. The molecule has 1 amide bonds. The van der Waals surface area contributed by atoms with Gasteiger partial charge in [-0.25, -0.2) is 4.98 Å². The van der Waals surface area contributed by atoms with Crippen LogP contribution in [-0.4, -0.2) is 80.5 Å². The predicted octanol–water partition coefficient (Wildman–Crippen LogP) is 3.09. The summed E-state index contributed by atoms with van der Waals surface area (Å²) in [6.07, 6.45) is -0.182. The van der Waals surface area contributed by atoms with E-state index in [1.807, 2.05) is 9.80 Å². The van der Waals surface area contributed by atoms with Crippen LogP contribution in [0, 0.1) is 5.41 Å². The molecule has 3 aliphatic rings. The van der Waals surface area contributed by atoms with E-state index in [2.05, 4.69) is 17.2 Å². The number of pyridine rings is 1. The Bertz CT molecular complexity index is 847. The Hall–Kier alpha value is -1.91. The number of halogens is 3. The number of methoxy groups -OCH3 is 1. The van der Waals surface area contributed by atoms with Crippen LogP contribution in [0.2, 0.25) is 0 Å². The highest BCUT2D eigenvalue weighted by Crippen LogP contribution is 2.43. The lowest BCUT2D eigenvalue weighted by molar-refractivity contribution is -0.142. The van der Waals surface area contributed by atoms with Gasteiger partial charge in [-0.15, -0.1) is 0 Å². The Morgan fingerprint density at radius 3 is 2.71 bits per heavy atom. The summed E-state index contributed by atoms with van der Waals surface area (Å²) in [5.41, 5.74) is -1.28. The molecule has 0 aromatic carbocycles. The van der Waals surface area contributed by atoms with Gasteiger partial charge in [0.2, 0.25) is 5.91 Å². The molecule has 7 nitrogen and oxygen atoms in total. The minimum absolute atomic E-state index is 0.0265. The van der Waals surface area contributed by atoms with Crippen LogP contribution in [0.25, 0.3) is 0 Å². The highest BCUT2D eigenvalue weighted by Gasteiger charge is 2.47. The zero-order chi connectivity index (χ0) is 24.3. The maximum atomic E-state index is 13.6. The second-order valence-electron chi connectivity index (χ2n) is 9.64. The lowest BCUT2D eigenvalue weighted by atomic mass is 9.81. The Morgan fingerprint density at radius 2 is 2.03 bits per heavy atom. The lowest BCUT2D eigenvalue weighted by Crippen LogP contribution is -2.54. The molecule has 4 rings (SSSR count). The van der Waals surface area contributed by atoms with E-state index in [1.54, 1.807) is 13.2 Å². The number of hydrogen-bond acceptors (Lipinski definition) is 6. The van der Waals surface area contributed by atoms with Crippen LogP contribution in [0.15, 0.2) is 18.2 Å². The lowest BCUT2D eigenvalue weighted by Gasteiger charge is -2.40. The summed E-state index contributed by atoms with van der Waals surface area (Å²) in [6, 6.07) is 4.45. The summed E-state index contributed by atoms with van der Waals surface area (Å²) >= 11 is 0. The fourth-order valence-corrected chi connectivity index (χ4v) is 5.60. The minimum Gasteiger partial charge on any atom is -0.379 e. The van der Waals surface area contributed by atoms with E-state index in [4.69, 9.17) is 9.47 Å². The van der Waals surface area contributed by atoms with Crippen molar-refractivity contribution in [2.75, 3.05) is 51.4 Å². The van der Waals surface area contributed by atoms with Gasteiger partial charge in [0.05, 0.1) is 18.1 Å². The van der Waals surface area contributed by atoms with Crippen LogP contribution in [0.4, 0.5) is 19.0 Å². The standard InChI is InChI=1S/C24H35F3N4O3/c1-3-23(9-7-17(15-23)28-18-8-14-34-16-19(18)33-2)22(32)31-12-10-30(11-13-31)21-6-4-5-20(29-21)24(25,26)27/h4-6,17-19,28H,3,7-16H2,1-2H3/t17?,18-,19+,23?/m0/s1. The van der Waals surface area contributed by atoms with Crippen molar-refractivity contribution in [2.45, 2.75) is 63.4 Å². The summed E-state index contributed by atoms with van der Waals surface area (Å²) in [4.78, 5) is 21.1. The maximum Gasteiger partial charge on any atom is 0.433 e. The monoisotopic (exact) mass is 484 g/mol. The quantitative estimate of drug-likeness (QED) is 0.670. The molecule has 1 saturated carbocycles. The first-order valence-electron chi connectivity index (χ1n) is 12.2. The highest BCUT2D eigenvalue weighted by atomic mass is 19.4. The summed E-state index contributed by atoms with van der Waals surface area (Å²) in [7, 11) is 1.71. The van der Waals surface area contributed by atoms with E-state index in [-0.39, 0.29) is 29.5 Å². The fourth-order valence-electron chi connectivity index (χ4n) is 5.60. The number of carbonyl (C=O) groups excluding carboxylic acids is 1. The smallest absolute Gasteiger partial charge is 0.379 e. The van der Waals surface area contributed by atoms with Crippen LogP contribution in [0.1, 0.15) is 44.7 Å². The van der Waals surface area contributed by atoms with Crippen molar-refractivity contribution >= 4 is 11.7 Å². The van der Waals surface area contributed by atoms with Crippen LogP contribution in [0.5, 0.6) is 0 Å². The first-order valence-corrected chi connectivity index (χ1v) is 12.2. The van der Waals surface area contributed by atoms with E-state index >= 15 is 0 Å². The molecule has 0 bridgehead atoms. The zero-order valence-electron chi connectivity index (χ0n) is 19.9. The van der Waals surface area contributed by atoms with Crippen molar-refractivity contribution in [3.05, 3.63) is 23.9 Å². The number of anilines is 1. The van der Waals surface area contributed by atoms with E-state index in [1.165, 1.54) is 6.07 Å². The van der Waals surface area contributed by atoms with Gasteiger partial charge in [0.1, 0.15) is 11.5 Å². The van der Waals surface area contributed by atoms with Crippen molar-refractivity contribution in [3.63, 3.8) is 0 Å². The molecular formula is C24H35F3N4O3. The van der Waals surface area contributed by atoms with Crippen molar-refractivity contribution in [3.8, 4) is 0 Å². The fraction of sp³-hybridized carbons (Fsp3) is 0.750. The number of alkyl halides is 3. The van der Waals surface area contributed by atoms with Crippen LogP contribution >= 0.6 is 0 Å². The number of hydrogen-bond donors (Lipinski definition) is 1. The Labute approximate surface area is 199 Å². The Kier molecular flexibility index (Phi) is 7.69. The summed E-state index contributed by atoms with van der Waals surface area (Å²) < 4.78 is 50.2.